The van der Waals surface area contributed by atoms with Crippen LogP contribution in [0.2, 0.25) is 0 Å². The molecule has 6 heteroatoms. The SMILES string of the molecule is COc1ccc(C2CCC(CN(c3cccc(-c4cnn(C5CC5)c4)c3)C(=O)[C@H]3CC[C@H](O)CC3)CC2)cc1C. The molecule has 3 aromatic rings. The highest BCUT2D eigenvalue weighted by atomic mass is 16.5. The number of benzene rings is 2. The molecule has 6 rings (SSSR count). The number of aliphatic hydroxyl groups excluding tert-OH is 1. The third-order valence-electron chi connectivity index (χ3n) is 9.50. The topological polar surface area (TPSA) is 67.6 Å². The van der Waals surface area contributed by atoms with E-state index in [1.807, 2.05) is 6.20 Å². The zero-order valence-corrected chi connectivity index (χ0v) is 24.0. The summed E-state index contributed by atoms with van der Waals surface area (Å²) in [7, 11) is 1.73. The predicted molar refractivity (Wildman–Crippen MR) is 159 cm³/mol. The molecule has 3 saturated carbocycles. The van der Waals surface area contributed by atoms with Crippen LogP contribution < -0.4 is 9.64 Å². The van der Waals surface area contributed by atoms with Gasteiger partial charge in [0.15, 0.2) is 0 Å². The van der Waals surface area contributed by atoms with Gasteiger partial charge in [0.05, 0.1) is 25.5 Å². The molecule has 3 aliphatic rings. The second kappa shape index (κ2) is 11.8. The van der Waals surface area contributed by atoms with Crippen molar-refractivity contribution in [2.45, 2.75) is 89.2 Å². The standard InChI is InChI=1S/C34H43N3O3/c1-23-18-28(12-17-33(23)40-2)25-8-6-24(7-9-25)21-36(34(39)26-10-15-32(38)16-11-26)31-5-3-4-27(19-31)29-20-35-37(22-29)30-13-14-30/h3-5,12,17-20,22,24-26,30,32,38H,6-11,13-16,21H2,1-2H3/t24?,25?,26-,32-. The van der Waals surface area contributed by atoms with E-state index in [4.69, 9.17) is 4.74 Å². The first-order chi connectivity index (χ1) is 19.5. The Bertz CT molecular complexity index is 1310. The van der Waals surface area contributed by atoms with Crippen LogP contribution in [0.25, 0.3) is 11.1 Å². The summed E-state index contributed by atoms with van der Waals surface area (Å²) in [5.74, 6) is 2.21. The molecular formula is C34H43N3O3. The maximum Gasteiger partial charge on any atom is 0.230 e. The lowest BCUT2D eigenvalue weighted by Gasteiger charge is -2.36. The third kappa shape index (κ3) is 5.97. The van der Waals surface area contributed by atoms with E-state index in [1.165, 1.54) is 24.0 Å². The van der Waals surface area contributed by atoms with Gasteiger partial charge in [0.25, 0.3) is 0 Å². The zero-order chi connectivity index (χ0) is 27.6. The molecule has 1 N–H and O–H groups in total. The number of ether oxygens (including phenoxy) is 1. The largest absolute Gasteiger partial charge is 0.496 e. The number of rotatable bonds is 8. The number of aromatic nitrogens is 2. The van der Waals surface area contributed by atoms with Crippen molar-refractivity contribution < 1.29 is 14.6 Å². The van der Waals surface area contributed by atoms with Crippen LogP contribution in [0.3, 0.4) is 0 Å². The van der Waals surface area contributed by atoms with Gasteiger partial charge >= 0.3 is 0 Å². The first kappa shape index (κ1) is 27.1. The Morgan fingerprint density at radius 3 is 2.45 bits per heavy atom. The zero-order valence-electron chi connectivity index (χ0n) is 24.0. The molecule has 0 aliphatic heterocycles. The summed E-state index contributed by atoms with van der Waals surface area (Å²) < 4.78 is 7.55. The fourth-order valence-electron chi connectivity index (χ4n) is 6.84. The Morgan fingerprint density at radius 1 is 0.975 bits per heavy atom. The minimum absolute atomic E-state index is 0.0108. The number of amides is 1. The van der Waals surface area contributed by atoms with Gasteiger partial charge in [-0.1, -0.05) is 24.3 Å². The minimum atomic E-state index is -0.263. The van der Waals surface area contributed by atoms with Crippen molar-refractivity contribution >= 4 is 11.6 Å². The molecule has 0 bridgehead atoms. The monoisotopic (exact) mass is 541 g/mol. The summed E-state index contributed by atoms with van der Waals surface area (Å²) >= 11 is 0. The molecule has 0 radical (unpaired) electrons. The molecule has 6 nitrogen and oxygen atoms in total. The lowest BCUT2D eigenvalue weighted by molar-refractivity contribution is -0.124. The molecule has 0 spiro atoms. The van der Waals surface area contributed by atoms with Crippen LogP contribution in [-0.2, 0) is 4.79 Å². The molecule has 212 valence electrons. The van der Waals surface area contributed by atoms with E-state index >= 15 is 0 Å². The number of nitrogens with zero attached hydrogens (tertiary/aromatic N) is 3. The maximum atomic E-state index is 14.0. The Labute approximate surface area is 238 Å². The van der Waals surface area contributed by atoms with Crippen LogP contribution in [0.5, 0.6) is 5.75 Å². The van der Waals surface area contributed by atoms with Gasteiger partial charge in [-0.25, -0.2) is 0 Å². The van der Waals surface area contributed by atoms with E-state index in [1.54, 1.807) is 7.11 Å². The summed E-state index contributed by atoms with van der Waals surface area (Å²) in [4.78, 5) is 16.1. The van der Waals surface area contributed by atoms with Gasteiger partial charge in [0.1, 0.15) is 5.75 Å². The molecular weight excluding hydrogens is 498 g/mol. The molecule has 0 unspecified atom stereocenters. The Balaban J connectivity index is 1.19. The highest BCUT2D eigenvalue weighted by molar-refractivity contribution is 5.95. The predicted octanol–water partition coefficient (Wildman–Crippen LogP) is 7.06. The van der Waals surface area contributed by atoms with Crippen molar-refractivity contribution in [2.75, 3.05) is 18.6 Å². The Hall–Kier alpha value is -3.12. The fourth-order valence-corrected chi connectivity index (χ4v) is 6.84. The maximum absolute atomic E-state index is 14.0. The number of aliphatic hydroxyl groups is 1. The first-order valence-electron chi connectivity index (χ1n) is 15.3. The van der Waals surface area contributed by atoms with Crippen LogP contribution in [0.4, 0.5) is 5.69 Å². The van der Waals surface area contributed by atoms with Gasteiger partial charge in [-0.2, -0.15) is 5.10 Å². The minimum Gasteiger partial charge on any atom is -0.496 e. The Morgan fingerprint density at radius 2 is 1.75 bits per heavy atom. The number of aryl methyl sites for hydroxylation is 1. The van der Waals surface area contributed by atoms with E-state index in [2.05, 4.69) is 70.3 Å². The molecule has 2 aromatic carbocycles. The second-order valence-corrected chi connectivity index (χ2v) is 12.4. The van der Waals surface area contributed by atoms with Gasteiger partial charge < -0.3 is 14.7 Å². The van der Waals surface area contributed by atoms with Crippen LogP contribution in [0.1, 0.15) is 87.3 Å². The van der Waals surface area contributed by atoms with Crippen molar-refractivity contribution in [1.82, 2.24) is 9.78 Å². The molecule has 3 fully saturated rings. The number of hydrogen-bond acceptors (Lipinski definition) is 4. The summed E-state index contributed by atoms with van der Waals surface area (Å²) in [5.41, 5.74) is 5.81. The van der Waals surface area contributed by atoms with E-state index in [9.17, 15) is 9.90 Å². The van der Waals surface area contributed by atoms with Crippen LogP contribution in [0, 0.1) is 18.8 Å². The number of methoxy groups -OCH3 is 1. The van der Waals surface area contributed by atoms with Gasteiger partial charge in [0.2, 0.25) is 5.91 Å². The summed E-state index contributed by atoms with van der Waals surface area (Å²) in [5, 5.41) is 14.6. The third-order valence-corrected chi connectivity index (χ3v) is 9.50. The van der Waals surface area contributed by atoms with Gasteiger partial charge in [-0.15, -0.1) is 0 Å². The van der Waals surface area contributed by atoms with Crippen molar-refractivity contribution in [1.29, 1.82) is 0 Å². The number of carbonyl (C=O) groups is 1. The van der Waals surface area contributed by atoms with Crippen molar-refractivity contribution in [3.05, 3.63) is 66.0 Å². The summed E-state index contributed by atoms with van der Waals surface area (Å²) in [6.45, 7) is 2.88. The highest BCUT2D eigenvalue weighted by Gasteiger charge is 2.32. The molecule has 40 heavy (non-hydrogen) atoms. The van der Waals surface area contributed by atoms with Crippen molar-refractivity contribution in [3.8, 4) is 16.9 Å². The molecule has 0 atom stereocenters. The van der Waals surface area contributed by atoms with Gasteiger partial charge in [-0.05, 0) is 118 Å². The van der Waals surface area contributed by atoms with Crippen LogP contribution in [0.15, 0.2) is 54.9 Å². The van der Waals surface area contributed by atoms with E-state index in [0.717, 1.165) is 80.5 Å². The lowest BCUT2D eigenvalue weighted by Crippen LogP contribution is -2.41. The van der Waals surface area contributed by atoms with Crippen LogP contribution in [-0.4, -0.2) is 40.6 Å². The molecule has 1 aromatic heterocycles. The summed E-state index contributed by atoms with van der Waals surface area (Å²) in [6, 6.07) is 15.6. The number of carbonyl (C=O) groups excluding carboxylic acids is 1. The van der Waals surface area contributed by atoms with E-state index in [-0.39, 0.29) is 17.9 Å². The fraction of sp³-hybridized carbons (Fsp3) is 0.529. The van der Waals surface area contributed by atoms with Crippen LogP contribution >= 0.6 is 0 Å². The molecule has 0 saturated heterocycles. The average molecular weight is 542 g/mol. The smallest absolute Gasteiger partial charge is 0.230 e. The van der Waals surface area contributed by atoms with Crippen molar-refractivity contribution in [3.63, 3.8) is 0 Å². The average Bonchev–Trinajstić information content (AvgIpc) is 3.72. The van der Waals surface area contributed by atoms with E-state index < -0.39 is 0 Å². The molecule has 1 heterocycles. The van der Waals surface area contributed by atoms with Crippen molar-refractivity contribution in [2.24, 2.45) is 11.8 Å². The van der Waals surface area contributed by atoms with Gasteiger partial charge in [-0.3, -0.25) is 9.48 Å². The summed E-state index contributed by atoms with van der Waals surface area (Å²) in [6.07, 6.45) is 13.8. The highest BCUT2D eigenvalue weighted by Crippen LogP contribution is 2.39. The quantitative estimate of drug-likeness (QED) is 0.332. The van der Waals surface area contributed by atoms with E-state index in [0.29, 0.717) is 17.9 Å². The normalized spacial score (nSPS) is 25.0. The second-order valence-electron chi connectivity index (χ2n) is 12.4. The lowest BCUT2D eigenvalue weighted by atomic mass is 9.78. The van der Waals surface area contributed by atoms with Gasteiger partial charge in [0, 0.05) is 29.9 Å². The Kier molecular flexibility index (Phi) is 7.97. The molecule has 3 aliphatic carbocycles. The first-order valence-corrected chi connectivity index (χ1v) is 15.3. The molecule has 1 amide bonds. The number of anilines is 1. The number of hydrogen-bond donors (Lipinski definition) is 1.